The van der Waals surface area contributed by atoms with E-state index in [0.717, 1.165) is 30.4 Å². The Morgan fingerprint density at radius 3 is 2.65 bits per heavy atom. The zero-order chi connectivity index (χ0) is 17.0. The molecule has 1 aliphatic heterocycles. The fraction of sp³-hybridized carbons (Fsp3) is 0.471. The summed E-state index contributed by atoms with van der Waals surface area (Å²) in [5.41, 5.74) is 2.50. The minimum Gasteiger partial charge on any atom is -0.481 e. The highest BCUT2D eigenvalue weighted by Gasteiger charge is 2.37. The van der Waals surface area contributed by atoms with Crippen molar-refractivity contribution >= 4 is 17.8 Å². The second-order valence-electron chi connectivity index (χ2n) is 5.77. The van der Waals surface area contributed by atoms with Crippen molar-refractivity contribution in [2.75, 3.05) is 0 Å². The van der Waals surface area contributed by atoms with Crippen LogP contribution in [-0.2, 0) is 22.6 Å². The van der Waals surface area contributed by atoms with Gasteiger partial charge in [0.15, 0.2) is 0 Å². The van der Waals surface area contributed by atoms with Gasteiger partial charge in [0.2, 0.25) is 0 Å². The predicted molar refractivity (Wildman–Crippen MR) is 83.2 cm³/mol. The topological polar surface area (TPSA) is 94.9 Å². The molecule has 124 valence electrons. The van der Waals surface area contributed by atoms with Crippen molar-refractivity contribution in [1.29, 1.82) is 0 Å². The molecule has 1 aromatic carbocycles. The molecule has 2 N–H and O–H groups in total. The van der Waals surface area contributed by atoms with Gasteiger partial charge in [0.1, 0.15) is 6.04 Å². The number of amides is 1. The monoisotopic (exact) mass is 319 g/mol. The molecule has 1 heterocycles. The van der Waals surface area contributed by atoms with Crippen molar-refractivity contribution < 1.29 is 24.6 Å². The Kier molecular flexibility index (Phi) is 5.36. The molecule has 1 unspecified atom stereocenters. The van der Waals surface area contributed by atoms with Crippen LogP contribution in [-0.4, -0.2) is 39.0 Å². The zero-order valence-electron chi connectivity index (χ0n) is 13.1. The zero-order valence-corrected chi connectivity index (χ0v) is 13.1. The summed E-state index contributed by atoms with van der Waals surface area (Å²) in [4.78, 5) is 36.0. The molecule has 1 atom stereocenters. The van der Waals surface area contributed by atoms with E-state index in [0.29, 0.717) is 5.56 Å². The molecule has 6 nitrogen and oxygen atoms in total. The van der Waals surface area contributed by atoms with Crippen molar-refractivity contribution in [3.8, 4) is 0 Å². The number of aliphatic carboxylic acids is 2. The molecule has 6 heteroatoms. The van der Waals surface area contributed by atoms with E-state index >= 15 is 0 Å². The first-order valence-corrected chi connectivity index (χ1v) is 7.82. The molecule has 1 aromatic rings. The predicted octanol–water partition coefficient (Wildman–Crippen LogP) is 2.30. The van der Waals surface area contributed by atoms with Crippen LogP contribution in [0.3, 0.4) is 0 Å². The molecule has 23 heavy (non-hydrogen) atoms. The van der Waals surface area contributed by atoms with Gasteiger partial charge in [-0.2, -0.15) is 0 Å². The molecule has 0 spiro atoms. The van der Waals surface area contributed by atoms with Crippen LogP contribution in [0, 0.1) is 0 Å². The molecule has 1 amide bonds. The van der Waals surface area contributed by atoms with E-state index < -0.39 is 18.0 Å². The molecule has 2 rings (SSSR count). The Hall–Kier alpha value is -2.37. The van der Waals surface area contributed by atoms with Crippen molar-refractivity contribution in [1.82, 2.24) is 4.90 Å². The first-order valence-electron chi connectivity index (χ1n) is 7.82. The lowest BCUT2D eigenvalue weighted by molar-refractivity contribution is -0.143. The van der Waals surface area contributed by atoms with Gasteiger partial charge < -0.3 is 15.1 Å². The number of unbranched alkanes of at least 4 members (excludes halogenated alkanes) is 1. The number of aryl methyl sites for hydroxylation is 1. The molecule has 0 saturated carbocycles. The highest BCUT2D eigenvalue weighted by molar-refractivity contribution is 6.00. The van der Waals surface area contributed by atoms with Crippen LogP contribution in [0.1, 0.15) is 54.1 Å². The summed E-state index contributed by atoms with van der Waals surface area (Å²) in [6.07, 6.45) is 2.53. The molecule has 0 aliphatic carbocycles. The summed E-state index contributed by atoms with van der Waals surface area (Å²) in [5, 5.41) is 18.1. The lowest BCUT2D eigenvalue weighted by Gasteiger charge is -2.23. The SMILES string of the molecule is CCCCc1cccc2c1CN(C(CCC(=O)O)C(=O)O)C2=O. The Labute approximate surface area is 134 Å². The molecule has 1 aliphatic rings. The molecular weight excluding hydrogens is 298 g/mol. The summed E-state index contributed by atoms with van der Waals surface area (Å²) < 4.78 is 0. The number of hydrogen-bond donors (Lipinski definition) is 2. The summed E-state index contributed by atoms with van der Waals surface area (Å²) in [5.74, 6) is -2.55. The van der Waals surface area contributed by atoms with Crippen LogP contribution >= 0.6 is 0 Å². The summed E-state index contributed by atoms with van der Waals surface area (Å²) in [6, 6.07) is 4.39. The van der Waals surface area contributed by atoms with Crippen molar-refractivity contribution in [2.45, 2.75) is 51.6 Å². The lowest BCUT2D eigenvalue weighted by atomic mass is 9.99. The fourth-order valence-electron chi connectivity index (χ4n) is 2.94. The highest BCUT2D eigenvalue weighted by Crippen LogP contribution is 2.29. The maximum absolute atomic E-state index is 12.5. The van der Waals surface area contributed by atoms with Gasteiger partial charge in [-0.3, -0.25) is 9.59 Å². The fourth-order valence-corrected chi connectivity index (χ4v) is 2.94. The maximum Gasteiger partial charge on any atom is 0.326 e. The van der Waals surface area contributed by atoms with Gasteiger partial charge in [0.05, 0.1) is 0 Å². The van der Waals surface area contributed by atoms with E-state index in [1.54, 1.807) is 6.07 Å². The van der Waals surface area contributed by atoms with E-state index in [2.05, 4.69) is 6.92 Å². The summed E-state index contributed by atoms with van der Waals surface area (Å²) in [6.45, 7) is 2.33. The molecule has 0 fully saturated rings. The Morgan fingerprint density at radius 1 is 1.30 bits per heavy atom. The number of fused-ring (bicyclic) bond motifs is 1. The Bertz CT molecular complexity index is 625. The highest BCUT2D eigenvalue weighted by atomic mass is 16.4. The van der Waals surface area contributed by atoms with Gasteiger partial charge in [-0.1, -0.05) is 25.5 Å². The number of carbonyl (C=O) groups is 3. The summed E-state index contributed by atoms with van der Waals surface area (Å²) >= 11 is 0. The molecule has 0 bridgehead atoms. The smallest absolute Gasteiger partial charge is 0.326 e. The minimum absolute atomic E-state index is 0.0886. The third kappa shape index (κ3) is 3.70. The van der Waals surface area contributed by atoms with Gasteiger partial charge >= 0.3 is 11.9 Å². The second-order valence-corrected chi connectivity index (χ2v) is 5.77. The van der Waals surface area contributed by atoms with Gasteiger partial charge in [0, 0.05) is 18.5 Å². The van der Waals surface area contributed by atoms with Gasteiger partial charge in [-0.15, -0.1) is 0 Å². The molecule has 0 aromatic heterocycles. The third-order valence-corrected chi connectivity index (χ3v) is 4.19. The lowest BCUT2D eigenvalue weighted by Crippen LogP contribution is -2.41. The van der Waals surface area contributed by atoms with Crippen LogP contribution in [0.5, 0.6) is 0 Å². The van der Waals surface area contributed by atoms with Crippen molar-refractivity contribution in [3.05, 3.63) is 34.9 Å². The molecular formula is C17H21NO5. The van der Waals surface area contributed by atoms with Gasteiger partial charge in [-0.25, -0.2) is 4.79 Å². The van der Waals surface area contributed by atoms with Crippen molar-refractivity contribution in [2.24, 2.45) is 0 Å². The second kappa shape index (κ2) is 7.26. The van der Waals surface area contributed by atoms with Crippen LogP contribution in [0.15, 0.2) is 18.2 Å². The largest absolute Gasteiger partial charge is 0.481 e. The number of hydrogen-bond acceptors (Lipinski definition) is 3. The van der Waals surface area contributed by atoms with Crippen molar-refractivity contribution in [3.63, 3.8) is 0 Å². The average molecular weight is 319 g/mol. The van der Waals surface area contributed by atoms with E-state index in [9.17, 15) is 19.5 Å². The number of nitrogens with zero attached hydrogens (tertiary/aromatic N) is 1. The molecule has 0 saturated heterocycles. The quantitative estimate of drug-likeness (QED) is 0.766. The van der Waals surface area contributed by atoms with Crippen LogP contribution in [0.2, 0.25) is 0 Å². The number of benzene rings is 1. The number of carboxylic acid groups (broad SMARTS) is 2. The van der Waals surface area contributed by atoms with E-state index in [1.807, 2.05) is 12.1 Å². The molecule has 0 radical (unpaired) electrons. The van der Waals surface area contributed by atoms with Gasteiger partial charge in [0.25, 0.3) is 5.91 Å². The number of carboxylic acids is 2. The standard InChI is InChI=1S/C17H21NO5/c1-2-3-5-11-6-4-7-12-13(11)10-18(16(12)21)14(17(22)23)8-9-15(19)20/h4,6-7,14H,2-3,5,8-10H2,1H3,(H,19,20)(H,22,23). The number of carbonyl (C=O) groups excluding carboxylic acids is 1. The first kappa shape index (κ1) is 17.0. The summed E-state index contributed by atoms with van der Waals surface area (Å²) in [7, 11) is 0. The van der Waals surface area contributed by atoms with E-state index in [1.165, 1.54) is 4.90 Å². The van der Waals surface area contributed by atoms with E-state index in [-0.39, 0.29) is 25.3 Å². The Balaban J connectivity index is 2.24. The number of rotatable bonds is 8. The third-order valence-electron chi connectivity index (χ3n) is 4.19. The average Bonchev–Trinajstić information content (AvgIpc) is 2.83. The van der Waals surface area contributed by atoms with Gasteiger partial charge in [-0.05, 0) is 36.5 Å². The van der Waals surface area contributed by atoms with Crippen LogP contribution in [0.4, 0.5) is 0 Å². The first-order chi connectivity index (χ1) is 11.0. The minimum atomic E-state index is -1.16. The van der Waals surface area contributed by atoms with Crippen LogP contribution in [0.25, 0.3) is 0 Å². The Morgan fingerprint density at radius 2 is 2.04 bits per heavy atom. The van der Waals surface area contributed by atoms with Crippen LogP contribution < -0.4 is 0 Å². The normalized spacial score (nSPS) is 14.7. The maximum atomic E-state index is 12.5. The van der Waals surface area contributed by atoms with E-state index in [4.69, 9.17) is 5.11 Å².